The smallest absolute Gasteiger partial charge is 0.402 e. The van der Waals surface area contributed by atoms with Gasteiger partial charge in [0.05, 0.1) is 12.9 Å². The second kappa shape index (κ2) is 4.89. The highest BCUT2D eigenvalue weighted by Gasteiger charge is 1.82. The van der Waals surface area contributed by atoms with Crippen LogP contribution in [0.3, 0.4) is 0 Å². The van der Waals surface area contributed by atoms with Gasteiger partial charge in [0.2, 0.25) is 0 Å². The van der Waals surface area contributed by atoms with Crippen LogP contribution in [-0.2, 0) is 0 Å². The molecule has 0 unspecified atom stereocenters. The number of rotatable bonds is 0. The number of carboxylic acid groups (broad SMARTS) is 1. The molecule has 0 spiro atoms. The third kappa shape index (κ3) is 10.8. The van der Waals surface area contributed by atoms with Crippen LogP contribution in [0.2, 0.25) is 0 Å². The highest BCUT2D eigenvalue weighted by molar-refractivity contribution is 5.61. The monoisotopic (exact) mass is 131 g/mol. The van der Waals surface area contributed by atoms with E-state index in [2.05, 4.69) is 16.0 Å². The van der Waals surface area contributed by atoms with E-state index < -0.39 is 6.09 Å². The minimum absolute atomic E-state index is 0.958. The summed E-state index contributed by atoms with van der Waals surface area (Å²) in [5.74, 6) is 0. The normalized spacial score (nSPS) is 13.3. The van der Waals surface area contributed by atoms with Crippen LogP contribution in [-0.4, -0.2) is 30.6 Å². The van der Waals surface area contributed by atoms with Gasteiger partial charge in [-0.2, -0.15) is 0 Å². The molecule has 0 aromatic carbocycles. The van der Waals surface area contributed by atoms with E-state index in [9.17, 15) is 0 Å². The van der Waals surface area contributed by atoms with Crippen molar-refractivity contribution in [2.75, 3.05) is 13.1 Å². The largest absolute Gasteiger partial charge is 0.465 e. The topological polar surface area (TPSA) is 87.7 Å². The maximum Gasteiger partial charge on any atom is 0.402 e. The molecule has 1 aliphatic rings. The number of nitrogens with zero attached hydrogens (tertiary/aromatic N) is 1. The Morgan fingerprint density at radius 2 is 2.44 bits per heavy atom. The number of nitrogens with two attached hydrogens (primary N) is 1. The number of aliphatic imine (C=N–C) groups is 1. The SMILES string of the molecule is C1=NCCN1.NC(=O)O. The Kier molecular flexibility index (Phi) is 4.20. The van der Waals surface area contributed by atoms with Crippen molar-refractivity contribution >= 4 is 12.4 Å². The highest BCUT2D eigenvalue weighted by Crippen LogP contribution is 1.68. The van der Waals surface area contributed by atoms with Gasteiger partial charge >= 0.3 is 6.09 Å². The van der Waals surface area contributed by atoms with Crippen LogP contribution in [0.1, 0.15) is 0 Å². The molecule has 1 rings (SSSR count). The standard InChI is InChI=1S/C3H6N2.CH3NO2/c1-2-5-3-4-1;2-1(3)4/h3H,1-2H2,(H,4,5);2H2,(H,3,4). The Labute approximate surface area is 52.6 Å². The van der Waals surface area contributed by atoms with Gasteiger partial charge in [0.25, 0.3) is 0 Å². The number of primary amides is 1. The molecular weight excluding hydrogens is 122 g/mol. The van der Waals surface area contributed by atoms with Gasteiger partial charge in [0.15, 0.2) is 0 Å². The van der Waals surface area contributed by atoms with Crippen LogP contribution in [0, 0.1) is 0 Å². The number of nitrogens with one attached hydrogen (secondary N) is 1. The summed E-state index contributed by atoms with van der Waals surface area (Å²) in [6, 6.07) is 0. The lowest BCUT2D eigenvalue weighted by Crippen LogP contribution is -2.04. The van der Waals surface area contributed by atoms with Crippen molar-refractivity contribution in [1.82, 2.24) is 5.32 Å². The molecule has 5 heteroatoms. The van der Waals surface area contributed by atoms with Gasteiger partial charge < -0.3 is 16.2 Å². The first-order chi connectivity index (χ1) is 4.23. The minimum atomic E-state index is -1.33. The third-order valence-corrected chi connectivity index (χ3v) is 0.568. The van der Waals surface area contributed by atoms with E-state index in [-0.39, 0.29) is 0 Å². The van der Waals surface area contributed by atoms with Crippen molar-refractivity contribution in [2.45, 2.75) is 0 Å². The van der Waals surface area contributed by atoms with Crippen molar-refractivity contribution in [3.8, 4) is 0 Å². The molecule has 0 aromatic heterocycles. The van der Waals surface area contributed by atoms with Crippen molar-refractivity contribution in [3.63, 3.8) is 0 Å². The molecule has 4 N–H and O–H groups in total. The molecule has 1 aliphatic heterocycles. The van der Waals surface area contributed by atoms with Gasteiger partial charge in [-0.3, -0.25) is 4.99 Å². The summed E-state index contributed by atoms with van der Waals surface area (Å²) in [6.07, 6.45) is 0.403. The van der Waals surface area contributed by atoms with E-state index in [0.29, 0.717) is 0 Å². The highest BCUT2D eigenvalue weighted by atomic mass is 16.4. The zero-order valence-electron chi connectivity index (χ0n) is 4.87. The number of carbonyl (C=O) groups is 1. The van der Waals surface area contributed by atoms with Crippen molar-refractivity contribution in [2.24, 2.45) is 10.7 Å². The van der Waals surface area contributed by atoms with Crippen LogP contribution in [0.5, 0.6) is 0 Å². The Hall–Kier alpha value is -1.26. The summed E-state index contributed by atoms with van der Waals surface area (Å²) in [6.45, 7) is 1.99. The zero-order chi connectivity index (χ0) is 7.11. The summed E-state index contributed by atoms with van der Waals surface area (Å²) in [5.41, 5.74) is 4.03. The lowest BCUT2D eigenvalue weighted by Gasteiger charge is -1.75. The fraction of sp³-hybridized carbons (Fsp3) is 0.500. The van der Waals surface area contributed by atoms with Crippen LogP contribution < -0.4 is 11.1 Å². The van der Waals surface area contributed by atoms with E-state index in [1.807, 2.05) is 0 Å². The van der Waals surface area contributed by atoms with Gasteiger partial charge in [-0.25, -0.2) is 4.79 Å². The molecule has 9 heavy (non-hydrogen) atoms. The molecule has 0 saturated carbocycles. The molecule has 5 nitrogen and oxygen atoms in total. The van der Waals surface area contributed by atoms with E-state index in [1.165, 1.54) is 0 Å². The fourth-order valence-corrected chi connectivity index (χ4v) is 0.323. The van der Waals surface area contributed by atoms with Crippen molar-refractivity contribution < 1.29 is 9.90 Å². The quantitative estimate of drug-likeness (QED) is 0.404. The molecular formula is C4H9N3O2. The van der Waals surface area contributed by atoms with Gasteiger partial charge in [-0.05, 0) is 0 Å². The lowest BCUT2D eigenvalue weighted by atomic mass is 10.7. The fourth-order valence-electron chi connectivity index (χ4n) is 0.323. The average Bonchev–Trinajstić information content (AvgIpc) is 2.11. The first-order valence-electron chi connectivity index (χ1n) is 2.43. The van der Waals surface area contributed by atoms with Gasteiger partial charge in [-0.1, -0.05) is 0 Å². The predicted octanol–water partition coefficient (Wildman–Crippen LogP) is -0.759. The Balaban J connectivity index is 0.000000148. The van der Waals surface area contributed by atoms with Crippen molar-refractivity contribution in [3.05, 3.63) is 0 Å². The van der Waals surface area contributed by atoms with E-state index in [4.69, 9.17) is 9.90 Å². The number of amides is 1. The molecule has 0 aromatic rings. The lowest BCUT2D eigenvalue weighted by molar-refractivity contribution is 0.205. The average molecular weight is 131 g/mol. The Morgan fingerprint density at radius 1 is 1.89 bits per heavy atom. The van der Waals surface area contributed by atoms with E-state index >= 15 is 0 Å². The number of hydrogen-bond donors (Lipinski definition) is 3. The van der Waals surface area contributed by atoms with Crippen LogP contribution >= 0.6 is 0 Å². The van der Waals surface area contributed by atoms with Crippen LogP contribution in [0.15, 0.2) is 4.99 Å². The summed E-state index contributed by atoms with van der Waals surface area (Å²) in [4.78, 5) is 12.6. The summed E-state index contributed by atoms with van der Waals surface area (Å²) in [7, 11) is 0. The Morgan fingerprint density at radius 3 is 2.56 bits per heavy atom. The maximum atomic E-state index is 8.78. The van der Waals surface area contributed by atoms with E-state index in [0.717, 1.165) is 13.1 Å². The molecule has 1 heterocycles. The molecule has 0 aliphatic carbocycles. The van der Waals surface area contributed by atoms with Gasteiger partial charge in [0, 0.05) is 6.54 Å². The summed E-state index contributed by atoms with van der Waals surface area (Å²) in [5, 5.41) is 10.1. The maximum absolute atomic E-state index is 8.78. The first-order valence-corrected chi connectivity index (χ1v) is 2.43. The molecule has 52 valence electrons. The van der Waals surface area contributed by atoms with Gasteiger partial charge in [0.1, 0.15) is 0 Å². The number of hydrogen-bond acceptors (Lipinski definition) is 3. The molecule has 0 fully saturated rings. The predicted molar refractivity (Wildman–Crippen MR) is 33.6 cm³/mol. The molecule has 0 bridgehead atoms. The van der Waals surface area contributed by atoms with Crippen LogP contribution in [0.25, 0.3) is 0 Å². The molecule has 1 amide bonds. The van der Waals surface area contributed by atoms with Crippen molar-refractivity contribution in [1.29, 1.82) is 0 Å². The zero-order valence-corrected chi connectivity index (χ0v) is 4.87. The summed E-state index contributed by atoms with van der Waals surface area (Å²) >= 11 is 0. The van der Waals surface area contributed by atoms with E-state index in [1.54, 1.807) is 6.34 Å². The summed E-state index contributed by atoms with van der Waals surface area (Å²) < 4.78 is 0. The molecule has 0 saturated heterocycles. The first kappa shape index (κ1) is 7.74. The second-order valence-electron chi connectivity index (χ2n) is 1.33. The molecule has 0 atom stereocenters. The van der Waals surface area contributed by atoms with Gasteiger partial charge in [-0.15, -0.1) is 0 Å². The molecule has 0 radical (unpaired) electrons. The van der Waals surface area contributed by atoms with Crippen LogP contribution in [0.4, 0.5) is 4.79 Å². The minimum Gasteiger partial charge on any atom is -0.465 e. The Bertz CT molecular complexity index is 102. The third-order valence-electron chi connectivity index (χ3n) is 0.568. The second-order valence-corrected chi connectivity index (χ2v) is 1.33.